The number of carbonyl (C=O) groups excluding carboxylic acids is 2. The smallest absolute Gasteiger partial charge is 0.251 e. The second-order valence-electron chi connectivity index (χ2n) is 6.71. The second kappa shape index (κ2) is 8.00. The minimum absolute atomic E-state index is 0.0705. The number of anilines is 1. The van der Waals surface area contributed by atoms with E-state index in [4.69, 9.17) is 10.2 Å². The summed E-state index contributed by atoms with van der Waals surface area (Å²) in [6.07, 6.45) is 4.41. The molecule has 2 amide bonds. The molecule has 3 aromatic rings. The molecule has 1 aliphatic rings. The maximum absolute atomic E-state index is 12.6. The summed E-state index contributed by atoms with van der Waals surface area (Å²) >= 11 is 1.45. The first-order chi connectivity index (χ1) is 13.6. The third-order valence-corrected chi connectivity index (χ3v) is 6.06. The highest BCUT2D eigenvalue weighted by atomic mass is 32.1. The van der Waals surface area contributed by atoms with Gasteiger partial charge in [0.15, 0.2) is 0 Å². The third-order valence-electron chi connectivity index (χ3n) is 4.85. The van der Waals surface area contributed by atoms with Crippen molar-refractivity contribution in [3.63, 3.8) is 0 Å². The molecule has 0 spiro atoms. The van der Waals surface area contributed by atoms with Gasteiger partial charge >= 0.3 is 0 Å². The van der Waals surface area contributed by atoms with Gasteiger partial charge in [-0.1, -0.05) is 30.3 Å². The molecule has 0 unspecified atom stereocenters. The van der Waals surface area contributed by atoms with Gasteiger partial charge in [-0.3, -0.25) is 14.9 Å². The van der Waals surface area contributed by atoms with Crippen molar-refractivity contribution >= 4 is 28.2 Å². The highest BCUT2D eigenvalue weighted by Gasteiger charge is 2.26. The molecule has 4 N–H and O–H groups in total. The molecule has 0 bridgehead atoms. The molecule has 1 atom stereocenters. The first-order valence-corrected chi connectivity index (χ1v) is 10.0. The summed E-state index contributed by atoms with van der Waals surface area (Å²) in [6, 6.07) is 13.2. The van der Waals surface area contributed by atoms with Crippen molar-refractivity contribution in [2.45, 2.75) is 25.3 Å². The van der Waals surface area contributed by atoms with E-state index in [2.05, 4.69) is 10.6 Å². The van der Waals surface area contributed by atoms with Crippen molar-refractivity contribution in [2.24, 2.45) is 5.73 Å². The van der Waals surface area contributed by atoms with Gasteiger partial charge in [0.25, 0.3) is 5.91 Å². The van der Waals surface area contributed by atoms with Crippen molar-refractivity contribution in [1.82, 2.24) is 5.32 Å². The molecule has 0 saturated heterocycles. The van der Waals surface area contributed by atoms with Gasteiger partial charge in [0.1, 0.15) is 10.8 Å². The van der Waals surface area contributed by atoms with Crippen LogP contribution in [0.5, 0.6) is 0 Å². The number of rotatable bonds is 7. The number of hydrogen-bond donors (Lipinski definition) is 3. The predicted octanol–water partition coefficient (Wildman–Crippen LogP) is 3.25. The van der Waals surface area contributed by atoms with Crippen molar-refractivity contribution in [3.05, 3.63) is 76.1 Å². The van der Waals surface area contributed by atoms with Gasteiger partial charge in [0.05, 0.1) is 24.4 Å². The summed E-state index contributed by atoms with van der Waals surface area (Å²) in [4.78, 5) is 25.6. The topological polar surface area (TPSA) is 97.4 Å². The van der Waals surface area contributed by atoms with Gasteiger partial charge < -0.3 is 15.5 Å². The number of thiophene rings is 1. The Balaban J connectivity index is 1.47. The molecule has 1 aromatic carbocycles. The maximum Gasteiger partial charge on any atom is 0.251 e. The van der Waals surface area contributed by atoms with Crippen LogP contribution in [0.1, 0.15) is 44.6 Å². The van der Waals surface area contributed by atoms with E-state index in [1.165, 1.54) is 11.3 Å². The minimum atomic E-state index is -0.486. The van der Waals surface area contributed by atoms with E-state index in [0.29, 0.717) is 10.6 Å². The Labute approximate surface area is 166 Å². The standard InChI is InChI=1S/C21H21N3O3S/c22-20(26)18-14-8-4-10-16(14)28-21(18)24-17(25)12-23-19(15-9-5-11-27-15)13-6-2-1-3-7-13/h1-3,5-7,9,11,19,23H,4,8,10,12H2,(H2,22,26)(H,24,25)/t19-/m0/s1. The second-order valence-corrected chi connectivity index (χ2v) is 7.82. The molecule has 0 fully saturated rings. The summed E-state index contributed by atoms with van der Waals surface area (Å²) in [5, 5.41) is 6.65. The van der Waals surface area contributed by atoms with Crippen molar-refractivity contribution in [2.75, 3.05) is 11.9 Å². The molecule has 28 heavy (non-hydrogen) atoms. The maximum atomic E-state index is 12.6. The highest BCUT2D eigenvalue weighted by molar-refractivity contribution is 7.17. The molecule has 0 aliphatic heterocycles. The lowest BCUT2D eigenvalue weighted by molar-refractivity contribution is -0.115. The molecule has 7 heteroatoms. The van der Waals surface area contributed by atoms with E-state index in [0.717, 1.165) is 41.0 Å². The van der Waals surface area contributed by atoms with Crippen LogP contribution in [0.2, 0.25) is 0 Å². The molecule has 6 nitrogen and oxygen atoms in total. The lowest BCUT2D eigenvalue weighted by Gasteiger charge is -2.17. The average Bonchev–Trinajstić information content (AvgIpc) is 3.40. The van der Waals surface area contributed by atoms with Crippen LogP contribution in [-0.2, 0) is 17.6 Å². The number of hydrogen-bond acceptors (Lipinski definition) is 5. The first kappa shape index (κ1) is 18.5. The Bertz CT molecular complexity index is 980. The first-order valence-electron chi connectivity index (χ1n) is 9.19. The summed E-state index contributed by atoms with van der Waals surface area (Å²) in [6.45, 7) is 0.0705. The van der Waals surface area contributed by atoms with Crippen LogP contribution in [0.3, 0.4) is 0 Å². The molecular formula is C21H21N3O3S. The minimum Gasteiger partial charge on any atom is -0.467 e. The normalized spacial score (nSPS) is 13.9. The Hall–Kier alpha value is -2.90. The van der Waals surface area contributed by atoms with Crippen molar-refractivity contribution in [1.29, 1.82) is 0 Å². The van der Waals surface area contributed by atoms with E-state index < -0.39 is 5.91 Å². The average molecular weight is 395 g/mol. The zero-order valence-corrected chi connectivity index (χ0v) is 16.1. The number of nitrogens with one attached hydrogen (secondary N) is 2. The summed E-state index contributed by atoms with van der Waals surface area (Å²) in [5.74, 6) is 0.0160. The number of primary amides is 1. The molecule has 144 valence electrons. The SMILES string of the molecule is NC(=O)c1c(NC(=O)CN[C@@H](c2ccccc2)c2ccco2)sc2c1CCC2. The molecule has 0 radical (unpaired) electrons. The fraction of sp³-hybridized carbons (Fsp3) is 0.238. The van der Waals surface area contributed by atoms with Gasteiger partial charge in [0, 0.05) is 4.88 Å². The molecule has 2 aromatic heterocycles. The van der Waals surface area contributed by atoms with E-state index in [-0.39, 0.29) is 18.5 Å². The number of furan rings is 1. The van der Waals surface area contributed by atoms with E-state index in [1.807, 2.05) is 42.5 Å². The molecule has 4 rings (SSSR count). The monoisotopic (exact) mass is 395 g/mol. The Kier molecular flexibility index (Phi) is 5.27. The Morgan fingerprint density at radius 1 is 1.14 bits per heavy atom. The number of aryl methyl sites for hydroxylation is 1. The van der Waals surface area contributed by atoms with Crippen LogP contribution in [0.25, 0.3) is 0 Å². The van der Waals surface area contributed by atoms with Gasteiger partial charge in [-0.25, -0.2) is 0 Å². The van der Waals surface area contributed by atoms with Crippen molar-refractivity contribution in [3.8, 4) is 0 Å². The van der Waals surface area contributed by atoms with Crippen LogP contribution in [-0.4, -0.2) is 18.4 Å². The molecule has 2 heterocycles. The van der Waals surface area contributed by atoms with Gasteiger partial charge in [-0.15, -0.1) is 11.3 Å². The van der Waals surface area contributed by atoms with Crippen LogP contribution in [0.4, 0.5) is 5.00 Å². The molecular weight excluding hydrogens is 374 g/mol. The summed E-state index contributed by atoms with van der Waals surface area (Å²) in [5.41, 5.74) is 8.02. The number of benzene rings is 1. The fourth-order valence-electron chi connectivity index (χ4n) is 3.60. The van der Waals surface area contributed by atoms with Crippen LogP contribution in [0, 0.1) is 0 Å². The number of carbonyl (C=O) groups is 2. The Morgan fingerprint density at radius 3 is 2.68 bits per heavy atom. The van der Waals surface area contributed by atoms with E-state index >= 15 is 0 Å². The van der Waals surface area contributed by atoms with Gasteiger partial charge in [-0.2, -0.15) is 0 Å². The van der Waals surface area contributed by atoms with Crippen molar-refractivity contribution < 1.29 is 14.0 Å². The summed E-state index contributed by atoms with van der Waals surface area (Å²) in [7, 11) is 0. The van der Waals surface area contributed by atoms with Crippen LogP contribution >= 0.6 is 11.3 Å². The molecule has 0 saturated carbocycles. The summed E-state index contributed by atoms with van der Waals surface area (Å²) < 4.78 is 5.54. The van der Waals surface area contributed by atoms with E-state index in [1.54, 1.807) is 6.26 Å². The van der Waals surface area contributed by atoms with Crippen LogP contribution < -0.4 is 16.4 Å². The predicted molar refractivity (Wildman–Crippen MR) is 108 cm³/mol. The largest absolute Gasteiger partial charge is 0.467 e. The fourth-order valence-corrected chi connectivity index (χ4v) is 4.91. The van der Waals surface area contributed by atoms with E-state index in [9.17, 15) is 9.59 Å². The third kappa shape index (κ3) is 3.72. The lowest BCUT2D eigenvalue weighted by atomic mass is 10.0. The quantitative estimate of drug-likeness (QED) is 0.572. The molecule has 1 aliphatic carbocycles. The zero-order chi connectivity index (χ0) is 19.5. The lowest BCUT2D eigenvalue weighted by Crippen LogP contribution is -2.32. The van der Waals surface area contributed by atoms with Gasteiger partial charge in [-0.05, 0) is 42.5 Å². The zero-order valence-electron chi connectivity index (χ0n) is 15.2. The highest BCUT2D eigenvalue weighted by Crippen LogP contribution is 2.38. The van der Waals surface area contributed by atoms with Gasteiger partial charge in [0.2, 0.25) is 5.91 Å². The number of amides is 2. The number of fused-ring (bicyclic) bond motifs is 1. The Morgan fingerprint density at radius 2 is 1.96 bits per heavy atom. The number of nitrogens with two attached hydrogens (primary N) is 1. The van der Waals surface area contributed by atoms with Crippen LogP contribution in [0.15, 0.2) is 53.1 Å².